The number of nitrogens with zero attached hydrogens (tertiary/aromatic N) is 1. The molecule has 0 atom stereocenters. The zero-order valence-electron chi connectivity index (χ0n) is 6.87. The first kappa shape index (κ1) is 5.24. The maximum atomic E-state index is 10.9. The number of ketones is 1. The van der Waals surface area contributed by atoms with Gasteiger partial charge < -0.3 is 0 Å². The summed E-state index contributed by atoms with van der Waals surface area (Å²) in [6, 6.07) is 0. The van der Waals surface area contributed by atoms with E-state index in [2.05, 4.69) is 4.99 Å². The number of carbonyl (C=O) groups excluding carboxylic acids is 1. The van der Waals surface area contributed by atoms with Crippen LogP contribution < -0.4 is 0 Å². The highest BCUT2D eigenvalue weighted by molar-refractivity contribution is 6.03. The second-order valence-corrected chi connectivity index (χ2v) is 2.45. The molecule has 0 N–H and O–H groups in total. The maximum Gasteiger partial charge on any atom is 0.178 e. The molecule has 0 saturated carbocycles. The average Bonchev–Trinajstić information content (AvgIpc) is 2.04. The molecule has 0 aromatic heterocycles. The molecule has 0 fully saturated rings. The Morgan fingerprint density at radius 1 is 1.55 bits per heavy atom. The summed E-state index contributed by atoms with van der Waals surface area (Å²) in [6.45, 7) is 0. The maximum absolute atomic E-state index is 10.9. The lowest BCUT2D eigenvalue weighted by Gasteiger charge is -2.10. The molecule has 1 aliphatic carbocycles. The third kappa shape index (κ3) is 1.07. The number of carbonyl (C=O) groups is 1. The van der Waals surface area contributed by atoms with Crippen molar-refractivity contribution >= 4 is 12.0 Å². The van der Waals surface area contributed by atoms with E-state index in [9.17, 15) is 4.79 Å². The van der Waals surface area contributed by atoms with E-state index in [0.717, 1.165) is 11.1 Å². The average molecular weight is 146 g/mol. The summed E-state index contributed by atoms with van der Waals surface area (Å²) in [5, 5.41) is 0. The molecule has 0 aromatic carbocycles. The van der Waals surface area contributed by atoms with Crippen LogP contribution in [0, 0.1) is 0 Å². The summed E-state index contributed by atoms with van der Waals surface area (Å²) in [6.07, 6.45) is 7.26. The van der Waals surface area contributed by atoms with E-state index in [0.29, 0.717) is 6.42 Å². The van der Waals surface area contributed by atoms with Gasteiger partial charge in [-0.1, -0.05) is 0 Å². The Labute approximate surface area is 66.0 Å². The van der Waals surface area contributed by atoms with Crippen LogP contribution in [0.5, 0.6) is 0 Å². The second kappa shape index (κ2) is 2.31. The fourth-order valence-electron chi connectivity index (χ4n) is 1.11. The van der Waals surface area contributed by atoms with Crippen LogP contribution in [0.25, 0.3) is 0 Å². The monoisotopic (exact) mass is 146 g/mol. The number of fused-ring (bicyclic) bond motifs is 1. The Morgan fingerprint density at radius 3 is 3.36 bits per heavy atom. The van der Waals surface area contributed by atoms with E-state index < -0.39 is 0 Å². The van der Waals surface area contributed by atoms with E-state index >= 15 is 0 Å². The summed E-state index contributed by atoms with van der Waals surface area (Å²) < 4.78 is 7.44. The highest BCUT2D eigenvalue weighted by atomic mass is 16.1. The van der Waals surface area contributed by atoms with Gasteiger partial charge in [0, 0.05) is 18.8 Å². The molecule has 2 heteroatoms. The van der Waals surface area contributed by atoms with Crippen molar-refractivity contribution in [2.45, 2.75) is 6.42 Å². The van der Waals surface area contributed by atoms with Gasteiger partial charge in [-0.25, -0.2) is 0 Å². The van der Waals surface area contributed by atoms with E-state index in [1.165, 1.54) is 6.08 Å². The van der Waals surface area contributed by atoms with Gasteiger partial charge in [0.15, 0.2) is 5.78 Å². The Hall–Kier alpha value is -1.44. The molecule has 54 valence electrons. The molecule has 0 spiro atoms. The second-order valence-electron chi connectivity index (χ2n) is 2.45. The van der Waals surface area contributed by atoms with Crippen LogP contribution in [0.2, 0.25) is 0 Å². The highest BCUT2D eigenvalue weighted by Gasteiger charge is 2.10. The van der Waals surface area contributed by atoms with Crippen molar-refractivity contribution in [3.8, 4) is 0 Å². The van der Waals surface area contributed by atoms with Gasteiger partial charge in [-0.05, 0) is 29.4 Å². The lowest BCUT2D eigenvalue weighted by Crippen LogP contribution is -2.02. The predicted octanol–water partition coefficient (Wildman–Crippen LogP) is 1.41. The van der Waals surface area contributed by atoms with Gasteiger partial charge in [0.25, 0.3) is 0 Å². The van der Waals surface area contributed by atoms with Crippen LogP contribution in [0.3, 0.4) is 0 Å². The molecule has 1 aliphatic heterocycles. The summed E-state index contributed by atoms with van der Waals surface area (Å²) in [4.78, 5) is 14.8. The van der Waals surface area contributed by atoms with Crippen LogP contribution in [-0.2, 0) is 4.79 Å². The highest BCUT2D eigenvalue weighted by Crippen LogP contribution is 2.21. The van der Waals surface area contributed by atoms with E-state index in [1.54, 1.807) is 18.4 Å². The van der Waals surface area contributed by atoms with Crippen LogP contribution in [-0.4, -0.2) is 12.0 Å². The first-order valence-electron chi connectivity index (χ1n) is 3.94. The summed E-state index contributed by atoms with van der Waals surface area (Å²) in [5.74, 6) is -0.00292. The number of hydrogen-bond acceptors (Lipinski definition) is 2. The molecule has 0 saturated heterocycles. The first-order valence-corrected chi connectivity index (χ1v) is 3.44. The molecule has 0 bridgehead atoms. The molecular weight excluding hydrogens is 138 g/mol. The largest absolute Gasteiger partial charge is 0.290 e. The quantitative estimate of drug-likeness (QED) is 0.508. The normalized spacial score (nSPS) is 23.1. The topological polar surface area (TPSA) is 29.4 Å². The van der Waals surface area contributed by atoms with Crippen molar-refractivity contribution in [3.63, 3.8) is 0 Å². The molecule has 0 radical (unpaired) electrons. The summed E-state index contributed by atoms with van der Waals surface area (Å²) in [5.41, 5.74) is 1.68. The van der Waals surface area contributed by atoms with Crippen molar-refractivity contribution in [2.24, 2.45) is 4.99 Å². The smallest absolute Gasteiger partial charge is 0.178 e. The molecule has 0 amide bonds. The summed E-state index contributed by atoms with van der Waals surface area (Å²) >= 11 is 0. The standard InChI is InChI=1S/C9H7NO/c11-9-2-1-8-6-10-4-3-7(8)5-9/h1-2,4-6H,3H2/i6D. The van der Waals surface area contributed by atoms with Gasteiger partial charge in [-0.3, -0.25) is 9.79 Å². The molecule has 2 aliphatic rings. The van der Waals surface area contributed by atoms with Crippen molar-refractivity contribution in [3.05, 3.63) is 35.6 Å². The van der Waals surface area contributed by atoms with E-state index in [4.69, 9.17) is 1.37 Å². The molecule has 11 heavy (non-hydrogen) atoms. The van der Waals surface area contributed by atoms with Gasteiger partial charge in [-0.2, -0.15) is 0 Å². The fraction of sp³-hybridized carbons (Fsp3) is 0.111. The lowest BCUT2D eigenvalue weighted by atomic mass is 9.96. The lowest BCUT2D eigenvalue weighted by molar-refractivity contribution is -0.110. The summed E-state index contributed by atoms with van der Waals surface area (Å²) in [7, 11) is 0. The van der Waals surface area contributed by atoms with Crippen molar-refractivity contribution < 1.29 is 6.17 Å². The Morgan fingerprint density at radius 2 is 2.45 bits per heavy atom. The molecular formula is C9H7NO. The van der Waals surface area contributed by atoms with Gasteiger partial charge in [-0.15, -0.1) is 0 Å². The number of allylic oxidation sites excluding steroid dienone is 5. The van der Waals surface area contributed by atoms with Crippen LogP contribution >= 0.6 is 0 Å². The molecule has 0 aromatic rings. The van der Waals surface area contributed by atoms with E-state index in [-0.39, 0.29) is 12.0 Å². The predicted molar refractivity (Wildman–Crippen MR) is 43.4 cm³/mol. The Kier molecular flexibility index (Phi) is 1.10. The van der Waals surface area contributed by atoms with Gasteiger partial charge in [0.05, 0.1) is 1.37 Å². The number of aliphatic imine (C=N–C) groups is 1. The van der Waals surface area contributed by atoms with Gasteiger partial charge >= 0.3 is 0 Å². The van der Waals surface area contributed by atoms with Crippen molar-refractivity contribution in [2.75, 3.05) is 0 Å². The molecule has 2 rings (SSSR count). The zero-order valence-corrected chi connectivity index (χ0v) is 5.87. The molecule has 0 unspecified atom stereocenters. The third-order valence-electron chi connectivity index (χ3n) is 1.66. The zero-order chi connectivity index (χ0) is 8.55. The first-order chi connectivity index (χ1) is 5.77. The van der Waals surface area contributed by atoms with Gasteiger partial charge in [0.1, 0.15) is 0 Å². The molecule has 1 heterocycles. The molecule has 2 nitrogen and oxygen atoms in total. The minimum atomic E-state index is -0.00292. The third-order valence-corrected chi connectivity index (χ3v) is 1.66. The van der Waals surface area contributed by atoms with Gasteiger partial charge in [0.2, 0.25) is 0 Å². The number of rotatable bonds is 0. The van der Waals surface area contributed by atoms with Crippen molar-refractivity contribution in [1.29, 1.82) is 0 Å². The minimum Gasteiger partial charge on any atom is -0.290 e. The van der Waals surface area contributed by atoms with Crippen LogP contribution in [0.1, 0.15) is 7.79 Å². The van der Waals surface area contributed by atoms with Crippen LogP contribution in [0.4, 0.5) is 0 Å². The minimum absolute atomic E-state index is 0.00292. The Balaban J connectivity index is 2.51. The number of hydrogen-bond donors (Lipinski definition) is 0. The van der Waals surface area contributed by atoms with Crippen molar-refractivity contribution in [1.82, 2.24) is 0 Å². The van der Waals surface area contributed by atoms with Crippen LogP contribution in [0.15, 0.2) is 40.5 Å². The SMILES string of the molecule is [2H]C1=C2C=CC(=O)C=C2CC=N1. The fourth-order valence-corrected chi connectivity index (χ4v) is 1.11. The Bertz CT molecular complexity index is 361. The van der Waals surface area contributed by atoms with E-state index in [1.807, 2.05) is 0 Å².